The van der Waals surface area contributed by atoms with Crippen molar-refractivity contribution in [3.63, 3.8) is 0 Å². The molecule has 9 heteroatoms. The van der Waals surface area contributed by atoms with Crippen LogP contribution in [0.3, 0.4) is 0 Å². The Morgan fingerprint density at radius 1 is 1.20 bits per heavy atom. The molecule has 0 radical (unpaired) electrons. The summed E-state index contributed by atoms with van der Waals surface area (Å²) in [6.45, 7) is 0.681. The topological polar surface area (TPSA) is 67.7 Å². The zero-order valence-corrected chi connectivity index (χ0v) is 16.8. The predicted molar refractivity (Wildman–Crippen MR) is 105 cm³/mol. The Morgan fingerprint density at radius 2 is 1.90 bits per heavy atom. The van der Waals surface area contributed by atoms with E-state index < -0.39 is 17.6 Å². The number of morpholine rings is 1. The lowest BCUT2D eigenvalue weighted by Crippen LogP contribution is -2.65. The van der Waals surface area contributed by atoms with Crippen molar-refractivity contribution in [2.75, 3.05) is 24.5 Å². The maximum absolute atomic E-state index is 14.4. The maximum atomic E-state index is 14.4. The molecule has 0 aliphatic carbocycles. The summed E-state index contributed by atoms with van der Waals surface area (Å²) in [6, 6.07) is 8.42. The van der Waals surface area contributed by atoms with Crippen molar-refractivity contribution in [1.82, 2.24) is 14.7 Å². The van der Waals surface area contributed by atoms with Crippen molar-refractivity contribution in [2.45, 2.75) is 37.4 Å². The summed E-state index contributed by atoms with van der Waals surface area (Å²) in [5, 5.41) is 4.09. The summed E-state index contributed by atoms with van der Waals surface area (Å²) in [5.41, 5.74) is 0.222. The highest BCUT2D eigenvalue weighted by Crippen LogP contribution is 2.40. The number of aryl methyl sites for hydroxylation is 2. The number of likely N-dealkylation sites (tertiary alicyclic amines) is 1. The molecule has 7 nitrogen and oxygen atoms in total. The molecule has 160 valence electrons. The summed E-state index contributed by atoms with van der Waals surface area (Å²) in [6.07, 6.45) is 1.12. The third-order valence-electron chi connectivity index (χ3n) is 5.77. The van der Waals surface area contributed by atoms with Crippen LogP contribution in [0.2, 0.25) is 0 Å². The molecule has 2 saturated heterocycles. The normalized spacial score (nSPS) is 20.6. The fraction of sp³-hybridized carbons (Fsp3) is 0.476. The lowest BCUT2D eigenvalue weighted by molar-refractivity contribution is -0.292. The SMILES string of the molecule is Cn1cc(CCC(=O)N2CCC3(CC2)CN(c2ccccc2)C(=O)C(F)(F)O3)cn1. The van der Waals surface area contributed by atoms with Crippen molar-refractivity contribution in [2.24, 2.45) is 7.05 Å². The van der Waals surface area contributed by atoms with Crippen LogP contribution in [0.5, 0.6) is 0 Å². The molecular formula is C21H24F2N4O3. The van der Waals surface area contributed by atoms with E-state index in [2.05, 4.69) is 5.10 Å². The Bertz CT molecular complexity index is 923. The van der Waals surface area contributed by atoms with Crippen LogP contribution in [0.25, 0.3) is 0 Å². The highest BCUT2D eigenvalue weighted by molar-refractivity contribution is 5.98. The van der Waals surface area contributed by atoms with Crippen molar-refractivity contribution >= 4 is 17.5 Å². The van der Waals surface area contributed by atoms with Crippen molar-refractivity contribution < 1.29 is 23.1 Å². The Hall–Kier alpha value is -2.81. The Morgan fingerprint density at radius 3 is 2.53 bits per heavy atom. The minimum Gasteiger partial charge on any atom is -0.342 e. The third-order valence-corrected chi connectivity index (χ3v) is 5.77. The highest BCUT2D eigenvalue weighted by atomic mass is 19.3. The highest BCUT2D eigenvalue weighted by Gasteiger charge is 2.57. The van der Waals surface area contributed by atoms with Gasteiger partial charge in [0, 0.05) is 38.4 Å². The number of amides is 2. The molecule has 2 aliphatic heterocycles. The third kappa shape index (κ3) is 4.07. The number of anilines is 1. The molecule has 2 aliphatic rings. The van der Waals surface area contributed by atoms with Gasteiger partial charge in [0.1, 0.15) is 0 Å². The molecule has 2 fully saturated rings. The molecule has 0 saturated carbocycles. The number of ether oxygens (including phenoxy) is 1. The average molecular weight is 418 g/mol. The predicted octanol–water partition coefficient (Wildman–Crippen LogP) is 2.37. The number of carbonyl (C=O) groups is 2. The van der Waals surface area contributed by atoms with Crippen molar-refractivity contribution in [3.05, 3.63) is 48.3 Å². The Balaban J connectivity index is 1.41. The van der Waals surface area contributed by atoms with Gasteiger partial charge in [-0.2, -0.15) is 13.9 Å². The molecule has 30 heavy (non-hydrogen) atoms. The van der Waals surface area contributed by atoms with Gasteiger partial charge in [0.25, 0.3) is 0 Å². The van der Waals surface area contributed by atoms with E-state index in [1.807, 2.05) is 13.2 Å². The van der Waals surface area contributed by atoms with Crippen LogP contribution < -0.4 is 4.90 Å². The van der Waals surface area contributed by atoms with Gasteiger partial charge in [0.15, 0.2) is 0 Å². The van der Waals surface area contributed by atoms with E-state index in [0.717, 1.165) is 10.5 Å². The number of benzene rings is 1. The van der Waals surface area contributed by atoms with Gasteiger partial charge in [-0.25, -0.2) is 0 Å². The molecule has 3 heterocycles. The van der Waals surface area contributed by atoms with Gasteiger partial charge in [0.2, 0.25) is 5.91 Å². The second-order valence-corrected chi connectivity index (χ2v) is 7.93. The zero-order valence-electron chi connectivity index (χ0n) is 16.8. The Kier molecular flexibility index (Phi) is 5.31. The number of nitrogens with zero attached hydrogens (tertiary/aromatic N) is 4. The largest absolute Gasteiger partial charge is 0.437 e. The van der Waals surface area contributed by atoms with E-state index in [4.69, 9.17) is 4.74 Å². The van der Waals surface area contributed by atoms with Gasteiger partial charge in [-0.05, 0) is 37.0 Å². The summed E-state index contributed by atoms with van der Waals surface area (Å²) < 4.78 is 35.6. The number of carbonyl (C=O) groups excluding carboxylic acids is 2. The molecule has 2 amide bonds. The molecule has 0 bridgehead atoms. The van der Waals surface area contributed by atoms with E-state index in [1.54, 1.807) is 46.1 Å². The van der Waals surface area contributed by atoms with Gasteiger partial charge >= 0.3 is 12.0 Å². The Labute approximate surface area is 173 Å². The first-order valence-electron chi connectivity index (χ1n) is 9.98. The zero-order chi connectivity index (χ0) is 21.4. The fourth-order valence-electron chi connectivity index (χ4n) is 4.12. The van der Waals surface area contributed by atoms with Gasteiger partial charge in [-0.3, -0.25) is 14.3 Å². The molecule has 0 atom stereocenters. The minimum absolute atomic E-state index is 0.0211. The van der Waals surface area contributed by atoms with Crippen LogP contribution in [0.4, 0.5) is 14.5 Å². The van der Waals surface area contributed by atoms with Crippen LogP contribution in [-0.4, -0.2) is 57.8 Å². The van der Waals surface area contributed by atoms with Crippen LogP contribution in [0.1, 0.15) is 24.8 Å². The van der Waals surface area contributed by atoms with E-state index >= 15 is 0 Å². The summed E-state index contributed by atoms with van der Waals surface area (Å²) in [7, 11) is 1.82. The van der Waals surface area contributed by atoms with Gasteiger partial charge in [0.05, 0.1) is 18.3 Å². The minimum atomic E-state index is -3.89. The fourth-order valence-corrected chi connectivity index (χ4v) is 4.12. The van der Waals surface area contributed by atoms with Crippen LogP contribution in [0.15, 0.2) is 42.7 Å². The number of aromatic nitrogens is 2. The van der Waals surface area contributed by atoms with Crippen LogP contribution in [0, 0.1) is 0 Å². The molecular weight excluding hydrogens is 394 g/mol. The number of rotatable bonds is 4. The van der Waals surface area contributed by atoms with Crippen LogP contribution >= 0.6 is 0 Å². The smallest absolute Gasteiger partial charge is 0.342 e. The monoisotopic (exact) mass is 418 g/mol. The second-order valence-electron chi connectivity index (χ2n) is 7.93. The van der Waals surface area contributed by atoms with E-state index in [1.165, 1.54) is 0 Å². The molecule has 0 N–H and O–H groups in total. The second kappa shape index (κ2) is 7.79. The van der Waals surface area contributed by atoms with E-state index in [9.17, 15) is 18.4 Å². The average Bonchev–Trinajstić information content (AvgIpc) is 3.15. The number of piperidine rings is 1. The van der Waals surface area contributed by atoms with Gasteiger partial charge in [-0.15, -0.1) is 0 Å². The summed E-state index contributed by atoms with van der Waals surface area (Å²) >= 11 is 0. The number of hydrogen-bond acceptors (Lipinski definition) is 4. The van der Waals surface area contributed by atoms with E-state index in [0.29, 0.717) is 31.6 Å². The lowest BCUT2D eigenvalue weighted by atomic mass is 9.88. The quantitative estimate of drug-likeness (QED) is 0.765. The first-order chi connectivity index (χ1) is 14.3. The molecule has 1 aromatic carbocycles. The summed E-state index contributed by atoms with van der Waals surface area (Å²) in [4.78, 5) is 27.6. The number of alkyl halides is 2. The number of hydrogen-bond donors (Lipinski definition) is 0. The van der Waals surface area contributed by atoms with Gasteiger partial charge < -0.3 is 14.5 Å². The lowest BCUT2D eigenvalue weighted by Gasteiger charge is -2.48. The molecule has 2 aromatic rings. The van der Waals surface area contributed by atoms with E-state index in [-0.39, 0.29) is 25.3 Å². The first kappa shape index (κ1) is 20.5. The number of halogens is 2. The van der Waals surface area contributed by atoms with Crippen molar-refractivity contribution in [3.8, 4) is 0 Å². The van der Waals surface area contributed by atoms with Crippen LogP contribution in [-0.2, 0) is 27.8 Å². The molecule has 1 spiro atoms. The maximum Gasteiger partial charge on any atom is 0.437 e. The molecule has 1 aromatic heterocycles. The molecule has 4 rings (SSSR count). The standard InChI is InChI=1S/C21H24F2N4O3/c1-25-14-16(13-24-25)7-8-18(28)26-11-9-20(10-12-26)15-27(17-5-3-2-4-6-17)19(29)21(22,23)30-20/h2-6,13-14H,7-12,15H2,1H3. The summed E-state index contributed by atoms with van der Waals surface area (Å²) in [5.74, 6) is -1.37. The van der Waals surface area contributed by atoms with Crippen molar-refractivity contribution in [1.29, 1.82) is 0 Å². The number of para-hydroxylation sites is 1. The molecule has 0 unspecified atom stereocenters. The first-order valence-corrected chi connectivity index (χ1v) is 9.98. The van der Waals surface area contributed by atoms with Gasteiger partial charge in [-0.1, -0.05) is 18.2 Å².